The van der Waals surface area contributed by atoms with Crippen molar-refractivity contribution in [2.24, 2.45) is 5.73 Å². The van der Waals surface area contributed by atoms with Gasteiger partial charge in [0.05, 0.1) is 0 Å². The van der Waals surface area contributed by atoms with Crippen LogP contribution in [0.2, 0.25) is 0 Å². The standard InChI is InChI=1S/C9H16N4S/c1-2-8-12-13-9(14-8)11-7-4-3-6(10)5-7/h6-7H,2-5,10H2,1H3,(H,11,13). The Hall–Kier alpha value is -0.680. The van der Waals surface area contributed by atoms with E-state index in [2.05, 4.69) is 22.4 Å². The molecule has 0 spiro atoms. The molecule has 1 saturated carbocycles. The monoisotopic (exact) mass is 212 g/mol. The zero-order valence-electron chi connectivity index (χ0n) is 8.36. The third-order valence-electron chi connectivity index (χ3n) is 2.57. The maximum absolute atomic E-state index is 5.84. The average Bonchev–Trinajstić information content (AvgIpc) is 2.76. The Morgan fingerprint density at radius 2 is 2.36 bits per heavy atom. The Morgan fingerprint density at radius 3 is 2.93 bits per heavy atom. The van der Waals surface area contributed by atoms with E-state index in [0.717, 1.165) is 35.8 Å². The summed E-state index contributed by atoms with van der Waals surface area (Å²) in [7, 11) is 0. The molecule has 0 radical (unpaired) electrons. The zero-order chi connectivity index (χ0) is 9.97. The van der Waals surface area contributed by atoms with Gasteiger partial charge in [-0.1, -0.05) is 18.3 Å². The first-order valence-electron chi connectivity index (χ1n) is 5.12. The molecule has 2 atom stereocenters. The van der Waals surface area contributed by atoms with Crippen LogP contribution in [0.25, 0.3) is 0 Å². The van der Waals surface area contributed by atoms with Gasteiger partial charge >= 0.3 is 0 Å². The van der Waals surface area contributed by atoms with Crippen LogP contribution in [0.3, 0.4) is 0 Å². The van der Waals surface area contributed by atoms with Gasteiger partial charge in [-0.05, 0) is 25.7 Å². The molecule has 0 amide bonds. The third-order valence-corrected chi connectivity index (χ3v) is 3.57. The predicted octanol–water partition coefficient (Wildman–Crippen LogP) is 1.39. The summed E-state index contributed by atoms with van der Waals surface area (Å²) in [6, 6.07) is 0.869. The highest BCUT2D eigenvalue weighted by molar-refractivity contribution is 7.15. The SMILES string of the molecule is CCc1nnc(NC2CCC(N)C2)s1. The maximum atomic E-state index is 5.84. The van der Waals surface area contributed by atoms with Crippen LogP contribution >= 0.6 is 11.3 Å². The average molecular weight is 212 g/mol. The van der Waals surface area contributed by atoms with Gasteiger partial charge < -0.3 is 11.1 Å². The second-order valence-electron chi connectivity index (χ2n) is 3.77. The lowest BCUT2D eigenvalue weighted by atomic mass is 10.2. The van der Waals surface area contributed by atoms with E-state index >= 15 is 0 Å². The van der Waals surface area contributed by atoms with E-state index in [9.17, 15) is 0 Å². The molecule has 78 valence electrons. The van der Waals surface area contributed by atoms with Gasteiger partial charge in [-0.3, -0.25) is 0 Å². The van der Waals surface area contributed by atoms with Gasteiger partial charge in [0.15, 0.2) is 0 Å². The van der Waals surface area contributed by atoms with Crippen molar-refractivity contribution in [1.82, 2.24) is 10.2 Å². The summed E-state index contributed by atoms with van der Waals surface area (Å²) in [5.74, 6) is 0. The summed E-state index contributed by atoms with van der Waals surface area (Å²) in [5.41, 5.74) is 5.84. The fourth-order valence-corrected chi connectivity index (χ4v) is 2.53. The molecule has 0 aromatic carbocycles. The van der Waals surface area contributed by atoms with E-state index in [1.165, 1.54) is 0 Å². The van der Waals surface area contributed by atoms with Gasteiger partial charge in [-0.25, -0.2) is 0 Å². The van der Waals surface area contributed by atoms with E-state index in [-0.39, 0.29) is 0 Å². The second kappa shape index (κ2) is 4.23. The van der Waals surface area contributed by atoms with Crippen molar-refractivity contribution in [3.63, 3.8) is 0 Å². The Morgan fingerprint density at radius 1 is 1.50 bits per heavy atom. The van der Waals surface area contributed by atoms with Crippen LogP contribution in [-0.4, -0.2) is 22.3 Å². The molecule has 1 aliphatic carbocycles. The summed E-state index contributed by atoms with van der Waals surface area (Å²) >= 11 is 1.65. The maximum Gasteiger partial charge on any atom is 0.205 e. The molecule has 1 aromatic rings. The molecule has 3 N–H and O–H groups in total. The summed E-state index contributed by atoms with van der Waals surface area (Å²) in [6.07, 6.45) is 4.30. The van der Waals surface area contributed by atoms with E-state index in [1.807, 2.05) is 0 Å². The van der Waals surface area contributed by atoms with Gasteiger partial charge in [0, 0.05) is 12.1 Å². The van der Waals surface area contributed by atoms with Crippen LogP contribution in [-0.2, 0) is 6.42 Å². The number of hydrogen-bond donors (Lipinski definition) is 2. The van der Waals surface area contributed by atoms with Crippen molar-refractivity contribution in [3.05, 3.63) is 5.01 Å². The summed E-state index contributed by atoms with van der Waals surface area (Å²) < 4.78 is 0. The van der Waals surface area contributed by atoms with Crippen molar-refractivity contribution in [1.29, 1.82) is 0 Å². The van der Waals surface area contributed by atoms with Crippen LogP contribution in [0.15, 0.2) is 0 Å². The van der Waals surface area contributed by atoms with Crippen LogP contribution < -0.4 is 11.1 Å². The number of hydrogen-bond acceptors (Lipinski definition) is 5. The lowest BCUT2D eigenvalue weighted by Crippen LogP contribution is -2.20. The quantitative estimate of drug-likeness (QED) is 0.794. The molecule has 0 bridgehead atoms. The molecule has 0 aliphatic heterocycles. The molecule has 5 heteroatoms. The van der Waals surface area contributed by atoms with Crippen LogP contribution in [0, 0.1) is 0 Å². The molecular formula is C9H16N4S. The molecule has 2 rings (SSSR count). The molecule has 1 fully saturated rings. The van der Waals surface area contributed by atoms with E-state index in [1.54, 1.807) is 11.3 Å². The molecule has 2 unspecified atom stereocenters. The van der Waals surface area contributed by atoms with Crippen molar-refractivity contribution in [2.75, 3.05) is 5.32 Å². The van der Waals surface area contributed by atoms with E-state index < -0.39 is 0 Å². The van der Waals surface area contributed by atoms with Crippen LogP contribution in [0.5, 0.6) is 0 Å². The Bertz CT molecular complexity index is 299. The predicted molar refractivity (Wildman–Crippen MR) is 58.5 cm³/mol. The van der Waals surface area contributed by atoms with Gasteiger partial charge in [-0.15, -0.1) is 10.2 Å². The Kier molecular flexibility index (Phi) is 2.98. The first-order chi connectivity index (χ1) is 6.78. The number of nitrogens with two attached hydrogens (primary N) is 1. The largest absolute Gasteiger partial charge is 0.357 e. The second-order valence-corrected chi connectivity index (χ2v) is 4.83. The lowest BCUT2D eigenvalue weighted by Gasteiger charge is -2.09. The summed E-state index contributed by atoms with van der Waals surface area (Å²) in [6.45, 7) is 2.09. The van der Waals surface area contributed by atoms with Crippen LogP contribution in [0.4, 0.5) is 5.13 Å². The number of aryl methyl sites for hydroxylation is 1. The minimum atomic E-state index is 0.367. The highest BCUT2D eigenvalue weighted by Crippen LogP contribution is 2.23. The third kappa shape index (κ3) is 2.22. The number of aromatic nitrogens is 2. The lowest BCUT2D eigenvalue weighted by molar-refractivity contribution is 0.687. The van der Waals surface area contributed by atoms with Crippen molar-refractivity contribution < 1.29 is 0 Å². The molecule has 0 saturated heterocycles. The zero-order valence-corrected chi connectivity index (χ0v) is 9.18. The Labute approximate surface area is 87.9 Å². The summed E-state index contributed by atoms with van der Waals surface area (Å²) in [5, 5.41) is 13.6. The molecule has 1 heterocycles. The molecular weight excluding hydrogens is 196 g/mol. The number of nitrogens with zero attached hydrogens (tertiary/aromatic N) is 2. The summed E-state index contributed by atoms with van der Waals surface area (Å²) in [4.78, 5) is 0. The van der Waals surface area contributed by atoms with E-state index in [4.69, 9.17) is 5.73 Å². The van der Waals surface area contributed by atoms with Gasteiger partial charge in [0.2, 0.25) is 5.13 Å². The fraction of sp³-hybridized carbons (Fsp3) is 0.778. The van der Waals surface area contributed by atoms with Gasteiger partial charge in [-0.2, -0.15) is 0 Å². The number of rotatable bonds is 3. The molecule has 1 aliphatic rings. The molecule has 14 heavy (non-hydrogen) atoms. The minimum Gasteiger partial charge on any atom is -0.357 e. The first kappa shape index (κ1) is 9.86. The van der Waals surface area contributed by atoms with Crippen LogP contribution in [0.1, 0.15) is 31.2 Å². The fourth-order valence-electron chi connectivity index (χ4n) is 1.78. The highest BCUT2D eigenvalue weighted by Gasteiger charge is 2.22. The number of anilines is 1. The first-order valence-corrected chi connectivity index (χ1v) is 5.94. The smallest absolute Gasteiger partial charge is 0.205 e. The number of nitrogens with one attached hydrogen (secondary N) is 1. The van der Waals surface area contributed by atoms with Crippen molar-refractivity contribution >= 4 is 16.5 Å². The normalized spacial score (nSPS) is 26.7. The molecule has 1 aromatic heterocycles. The topological polar surface area (TPSA) is 63.8 Å². The van der Waals surface area contributed by atoms with Crippen molar-refractivity contribution in [3.8, 4) is 0 Å². The Balaban J connectivity index is 1.90. The van der Waals surface area contributed by atoms with Gasteiger partial charge in [0.1, 0.15) is 5.01 Å². The van der Waals surface area contributed by atoms with Gasteiger partial charge in [0.25, 0.3) is 0 Å². The van der Waals surface area contributed by atoms with E-state index in [0.29, 0.717) is 12.1 Å². The minimum absolute atomic E-state index is 0.367. The molecule has 4 nitrogen and oxygen atoms in total. The highest BCUT2D eigenvalue weighted by atomic mass is 32.1. The van der Waals surface area contributed by atoms with Crippen molar-refractivity contribution in [2.45, 2.75) is 44.7 Å².